The molecule has 0 atom stereocenters. The van der Waals surface area contributed by atoms with Crippen LogP contribution in [0.2, 0.25) is 0 Å². The SMILES string of the molecule is CN(CCCN1c2ccccc2CCc2ccccc21)C(=O)[O-].CN(CCCN1c2ccccc2CCc2ccccc21)C(=O)[O-].C[NH2+]CCCN1c2ccccc2CCc2ccccc21.C[NH2+]CCCN1c2ccccc2CCc2ccccc21. The van der Waals surface area contributed by atoms with E-state index in [0.717, 1.165) is 90.4 Å². The Labute approximate surface area is 511 Å². The van der Waals surface area contributed by atoms with Gasteiger partial charge in [-0.05, 0) is 157 Å². The van der Waals surface area contributed by atoms with Crippen molar-refractivity contribution >= 4 is 57.7 Å². The molecule has 0 saturated carbocycles. The number of carbonyl (C=O) groups excluding carboxylic acids is 2. The number of para-hydroxylation sites is 8. The fourth-order valence-corrected chi connectivity index (χ4v) is 12.5. The van der Waals surface area contributed by atoms with Crippen molar-refractivity contribution in [1.29, 1.82) is 0 Å². The lowest BCUT2D eigenvalue weighted by molar-refractivity contribution is -0.627. The molecule has 448 valence electrons. The van der Waals surface area contributed by atoms with Crippen molar-refractivity contribution in [1.82, 2.24) is 9.80 Å². The fourth-order valence-electron chi connectivity index (χ4n) is 12.5. The van der Waals surface area contributed by atoms with Crippen LogP contribution in [-0.4, -0.2) is 103 Å². The van der Waals surface area contributed by atoms with Gasteiger partial charge in [-0.15, -0.1) is 0 Å². The van der Waals surface area contributed by atoms with Gasteiger partial charge in [0, 0.05) is 112 Å². The predicted octanol–water partition coefficient (Wildman–Crippen LogP) is 10.2. The van der Waals surface area contributed by atoms with E-state index in [1.54, 1.807) is 14.1 Å². The molecule has 4 heterocycles. The summed E-state index contributed by atoms with van der Waals surface area (Å²) in [6.07, 6.45) is 10.4. The van der Waals surface area contributed by atoms with Crippen LogP contribution in [0.4, 0.5) is 55.1 Å². The molecular weight excluding hydrogens is 1060 g/mol. The van der Waals surface area contributed by atoms with Crippen LogP contribution in [0.5, 0.6) is 0 Å². The van der Waals surface area contributed by atoms with Gasteiger partial charge in [0.05, 0.1) is 27.2 Å². The molecule has 12 nitrogen and oxygen atoms in total. The van der Waals surface area contributed by atoms with Gasteiger partial charge < -0.3 is 59.8 Å². The number of carboxylic acid groups (broad SMARTS) is 2. The van der Waals surface area contributed by atoms with E-state index in [9.17, 15) is 19.8 Å². The van der Waals surface area contributed by atoms with E-state index in [4.69, 9.17) is 0 Å². The average Bonchev–Trinajstić information content (AvgIpc) is 3.29. The predicted molar refractivity (Wildman–Crippen MR) is 349 cm³/mol. The maximum atomic E-state index is 10.8. The van der Waals surface area contributed by atoms with Gasteiger partial charge in [0.25, 0.3) is 0 Å². The Bertz CT molecular complexity index is 3040. The number of aryl methyl sites for hydroxylation is 8. The molecule has 12 heteroatoms. The van der Waals surface area contributed by atoms with E-state index in [1.165, 1.54) is 126 Å². The number of nitrogens with zero attached hydrogens (tertiary/aromatic N) is 6. The summed E-state index contributed by atoms with van der Waals surface area (Å²) >= 11 is 0. The number of amides is 2. The highest BCUT2D eigenvalue weighted by molar-refractivity contribution is 5.75. The van der Waals surface area contributed by atoms with Crippen LogP contribution in [-0.2, 0) is 51.4 Å². The second kappa shape index (κ2) is 31.5. The van der Waals surface area contributed by atoms with Gasteiger partial charge >= 0.3 is 0 Å². The number of hydrogen-bond acceptors (Lipinski definition) is 8. The Balaban J connectivity index is 0.000000137. The first kappa shape index (κ1) is 62.0. The molecule has 0 bridgehead atoms. The topological polar surface area (TPSA) is 133 Å². The molecule has 8 aromatic carbocycles. The molecule has 0 saturated heterocycles. The standard InChI is InChI=1S/2C19H22N2O2.2C18H22N2/c2*1-20(19(22)23)13-6-14-21-17-9-4-2-7-15(17)11-12-16-8-3-5-10-18(16)21;2*1-19-13-6-14-20-17-9-4-2-7-15(17)11-12-16-8-3-5-10-18(16)20/h2*2-5,7-10H,6,11-14H2,1H3,(H,22,23);2*2-5,7-10,19H,6,11-14H2,1H3. The van der Waals surface area contributed by atoms with Gasteiger partial charge in [0.2, 0.25) is 0 Å². The summed E-state index contributed by atoms with van der Waals surface area (Å²) in [5.74, 6) is 0. The third kappa shape index (κ3) is 16.0. The summed E-state index contributed by atoms with van der Waals surface area (Å²) in [5.41, 5.74) is 21.8. The van der Waals surface area contributed by atoms with Gasteiger partial charge in [-0.1, -0.05) is 146 Å². The van der Waals surface area contributed by atoms with Crippen molar-refractivity contribution in [2.75, 3.05) is 100 Å². The smallest absolute Gasteiger partial charge is 0.136 e. The molecule has 4 N–H and O–H groups in total. The largest absolute Gasteiger partial charge is 0.530 e. The Morgan fingerprint density at radius 1 is 0.326 bits per heavy atom. The first-order valence-electron chi connectivity index (χ1n) is 31.3. The number of benzene rings is 8. The summed E-state index contributed by atoms with van der Waals surface area (Å²) in [4.78, 5) is 33.8. The highest BCUT2D eigenvalue weighted by atomic mass is 16.4. The minimum atomic E-state index is -1.12. The normalized spacial score (nSPS) is 13.3. The highest BCUT2D eigenvalue weighted by Gasteiger charge is 2.24. The third-order valence-corrected chi connectivity index (χ3v) is 17.0. The minimum Gasteiger partial charge on any atom is -0.530 e. The summed E-state index contributed by atoms with van der Waals surface area (Å²) < 4.78 is 0. The van der Waals surface area contributed by atoms with E-state index < -0.39 is 12.2 Å². The number of anilines is 8. The van der Waals surface area contributed by atoms with E-state index >= 15 is 0 Å². The Hall–Kier alpha value is -8.58. The van der Waals surface area contributed by atoms with Crippen LogP contribution >= 0.6 is 0 Å². The molecule has 0 radical (unpaired) electrons. The van der Waals surface area contributed by atoms with Crippen LogP contribution in [0.25, 0.3) is 0 Å². The zero-order valence-corrected chi connectivity index (χ0v) is 51.1. The molecule has 0 aliphatic carbocycles. The van der Waals surface area contributed by atoms with Gasteiger partial charge in [0.15, 0.2) is 0 Å². The zero-order valence-electron chi connectivity index (χ0n) is 51.1. The maximum Gasteiger partial charge on any atom is 0.136 e. The van der Waals surface area contributed by atoms with Crippen LogP contribution in [0.3, 0.4) is 0 Å². The molecule has 12 rings (SSSR count). The summed E-state index contributed by atoms with van der Waals surface area (Å²) in [7, 11) is 7.40. The van der Waals surface area contributed by atoms with Gasteiger partial charge in [-0.2, -0.15) is 0 Å². The zero-order chi connectivity index (χ0) is 60.0. The van der Waals surface area contributed by atoms with Crippen LogP contribution in [0.15, 0.2) is 194 Å². The first-order valence-corrected chi connectivity index (χ1v) is 31.3. The van der Waals surface area contributed by atoms with Crippen molar-refractivity contribution in [3.63, 3.8) is 0 Å². The number of carbonyl (C=O) groups is 2. The summed E-state index contributed by atoms with van der Waals surface area (Å²) in [5, 5.41) is 26.2. The maximum absolute atomic E-state index is 10.8. The van der Waals surface area contributed by atoms with Crippen molar-refractivity contribution in [2.45, 2.75) is 77.0 Å². The Kier molecular flexibility index (Phi) is 22.7. The number of hydrogen-bond donors (Lipinski definition) is 2. The van der Waals surface area contributed by atoms with Crippen molar-refractivity contribution < 1.29 is 30.4 Å². The monoisotopic (exact) mass is 1150 g/mol. The Morgan fingerprint density at radius 3 is 0.674 bits per heavy atom. The van der Waals surface area contributed by atoms with Crippen LogP contribution in [0.1, 0.15) is 70.2 Å². The van der Waals surface area contributed by atoms with E-state index in [-0.39, 0.29) is 0 Å². The van der Waals surface area contributed by atoms with Crippen molar-refractivity contribution in [3.8, 4) is 0 Å². The summed E-state index contributed by atoms with van der Waals surface area (Å²) in [6, 6.07) is 69.4. The van der Waals surface area contributed by atoms with Crippen LogP contribution < -0.4 is 40.4 Å². The lowest BCUT2D eigenvalue weighted by atomic mass is 10.0. The summed E-state index contributed by atoms with van der Waals surface area (Å²) in [6.45, 7) is 7.07. The van der Waals surface area contributed by atoms with E-state index in [2.05, 4.69) is 238 Å². The molecule has 8 aromatic rings. The number of nitrogens with two attached hydrogens (primary N) is 2. The van der Waals surface area contributed by atoms with E-state index in [1.807, 2.05) is 0 Å². The quantitative estimate of drug-likeness (QED) is 0.0915. The van der Waals surface area contributed by atoms with Gasteiger partial charge in [-0.3, -0.25) is 0 Å². The van der Waals surface area contributed by atoms with Crippen LogP contribution in [0, 0.1) is 0 Å². The molecule has 4 aliphatic rings. The van der Waals surface area contributed by atoms with Crippen molar-refractivity contribution in [3.05, 3.63) is 239 Å². The lowest BCUT2D eigenvalue weighted by Crippen LogP contribution is -2.79. The Morgan fingerprint density at radius 2 is 0.500 bits per heavy atom. The molecule has 0 fully saturated rings. The van der Waals surface area contributed by atoms with Gasteiger partial charge in [0.1, 0.15) is 12.2 Å². The molecule has 4 aliphatic heterocycles. The number of fused-ring (bicyclic) bond motifs is 8. The molecule has 0 unspecified atom stereocenters. The molecule has 0 aromatic heterocycles. The van der Waals surface area contributed by atoms with Crippen molar-refractivity contribution in [2.24, 2.45) is 0 Å². The second-order valence-corrected chi connectivity index (χ2v) is 22.8. The molecule has 86 heavy (non-hydrogen) atoms. The second-order valence-electron chi connectivity index (χ2n) is 22.8. The average molecular weight is 1150 g/mol. The molecule has 0 spiro atoms. The van der Waals surface area contributed by atoms with E-state index in [0.29, 0.717) is 13.1 Å². The number of rotatable bonds is 16. The van der Waals surface area contributed by atoms with Gasteiger partial charge in [-0.25, -0.2) is 0 Å². The molecular formula is C74H88N8O4. The fraction of sp³-hybridized carbons (Fsp3) is 0.324. The molecule has 2 amide bonds. The highest BCUT2D eigenvalue weighted by Crippen LogP contribution is 2.40. The first-order chi connectivity index (χ1) is 42.1. The third-order valence-electron chi connectivity index (χ3n) is 17.0. The minimum absolute atomic E-state index is 0.475. The lowest BCUT2D eigenvalue weighted by Gasteiger charge is -2.28. The number of quaternary nitrogens is 2.